The van der Waals surface area contributed by atoms with Crippen LogP contribution in [0.2, 0.25) is 5.28 Å². The van der Waals surface area contributed by atoms with Gasteiger partial charge >= 0.3 is 15.2 Å². The summed E-state index contributed by atoms with van der Waals surface area (Å²) in [6, 6.07) is 0. The van der Waals surface area contributed by atoms with Crippen molar-refractivity contribution in [2.45, 2.75) is 63.1 Å². The van der Waals surface area contributed by atoms with Crippen molar-refractivity contribution < 1.29 is 43.3 Å². The molecule has 5 N–H and O–H groups in total. The second kappa shape index (κ2) is 10.1. The van der Waals surface area contributed by atoms with Gasteiger partial charge in [-0.15, -0.1) is 0 Å². The molecule has 2 aromatic heterocycles. The Morgan fingerprint density at radius 3 is 2.54 bits per heavy atom. The van der Waals surface area contributed by atoms with Gasteiger partial charge in [-0.3, -0.25) is 13.7 Å². The quantitative estimate of drug-likeness (QED) is 0.233. The summed E-state index contributed by atoms with van der Waals surface area (Å²) in [5, 5.41) is 21.1. The zero-order valence-corrected chi connectivity index (χ0v) is 22.4. The highest BCUT2D eigenvalue weighted by Crippen LogP contribution is 2.55. The molecule has 4 heterocycles. The topological polar surface area (TPSA) is 201 Å². The highest BCUT2D eigenvalue weighted by Gasteiger charge is 2.46. The third-order valence-corrected chi connectivity index (χ3v) is 11.1. The first-order valence-corrected chi connectivity index (χ1v) is 16.0. The van der Waals surface area contributed by atoms with Gasteiger partial charge in [0.2, 0.25) is 5.28 Å². The number of imidazole rings is 1. The molecule has 0 aromatic carbocycles. The van der Waals surface area contributed by atoms with E-state index in [2.05, 4.69) is 19.9 Å². The summed E-state index contributed by atoms with van der Waals surface area (Å²) in [6.45, 7) is 0.969. The molecular weight excluding hydrogens is 552 g/mol. The summed E-state index contributed by atoms with van der Waals surface area (Å²) in [4.78, 5) is 42.9. The van der Waals surface area contributed by atoms with Crippen molar-refractivity contribution in [3.63, 3.8) is 0 Å². The fourth-order valence-electron chi connectivity index (χ4n) is 5.67. The van der Waals surface area contributed by atoms with Gasteiger partial charge in [-0.25, -0.2) is 4.98 Å². The standard InChI is InChI=1S/C20H30ClN5O9P2/c21-19-23-16(25-7-6-20(9-25)4-2-1-3-5-20)13-17(24-19)26(10-22-13)18-15(28)14(27)12(35-18)8-34-37(32,33)11-36(29,30)31/h10,12,14-15,18,27-28H,1-9,11H2,(H,32,33)(H2,29,30,31)/t12-,14?,15?,18-/m1/s1. The SMILES string of the molecule is O=P(O)(O)CP(=O)(O)OC[C@H]1O[C@@H](n2cnc3c(N4CCC5(CCCCC5)C4)nc(Cl)nc32)C(O)C1O. The molecule has 0 amide bonds. The van der Waals surface area contributed by atoms with E-state index in [9.17, 15) is 24.2 Å². The lowest BCUT2D eigenvalue weighted by Crippen LogP contribution is -2.33. The average molecular weight is 582 g/mol. The van der Waals surface area contributed by atoms with E-state index in [4.69, 9.17) is 30.6 Å². The van der Waals surface area contributed by atoms with Crippen LogP contribution in [-0.4, -0.2) is 88.3 Å². The van der Waals surface area contributed by atoms with E-state index < -0.39 is 52.2 Å². The fraction of sp³-hybridized carbons (Fsp3) is 0.750. The van der Waals surface area contributed by atoms with Crippen LogP contribution >= 0.6 is 26.8 Å². The largest absolute Gasteiger partial charge is 0.387 e. The second-order valence-electron chi connectivity index (χ2n) is 10.2. The number of aromatic nitrogens is 4. The molecule has 3 unspecified atom stereocenters. The summed E-state index contributed by atoms with van der Waals surface area (Å²) in [6.07, 6.45) is 3.04. The third kappa shape index (κ3) is 5.74. The first-order chi connectivity index (χ1) is 17.4. The summed E-state index contributed by atoms with van der Waals surface area (Å²) in [5.74, 6) is -0.792. The summed E-state index contributed by atoms with van der Waals surface area (Å²) >= 11 is 6.28. The molecule has 1 saturated carbocycles. The van der Waals surface area contributed by atoms with E-state index in [0.717, 1.165) is 19.5 Å². The van der Waals surface area contributed by atoms with Crippen LogP contribution in [0.5, 0.6) is 0 Å². The number of nitrogens with zero attached hydrogens (tertiary/aromatic N) is 5. The minimum Gasteiger partial charge on any atom is -0.387 e. The van der Waals surface area contributed by atoms with Crippen LogP contribution in [0.1, 0.15) is 44.8 Å². The van der Waals surface area contributed by atoms with Crippen LogP contribution in [0.25, 0.3) is 11.2 Å². The van der Waals surface area contributed by atoms with Gasteiger partial charge in [0.15, 0.2) is 29.1 Å². The minimum absolute atomic E-state index is 0.0135. The number of anilines is 1. The molecule has 0 bridgehead atoms. The maximum absolute atomic E-state index is 12.0. The van der Waals surface area contributed by atoms with E-state index in [1.807, 2.05) is 0 Å². The first-order valence-electron chi connectivity index (χ1n) is 12.0. The fourth-order valence-corrected chi connectivity index (χ4v) is 8.40. The molecule has 2 aromatic rings. The molecule has 2 saturated heterocycles. The van der Waals surface area contributed by atoms with E-state index in [0.29, 0.717) is 11.3 Å². The number of rotatable bonds is 7. The maximum atomic E-state index is 12.0. The molecule has 5 rings (SSSR count). The lowest BCUT2D eigenvalue weighted by molar-refractivity contribution is -0.0483. The number of hydrogen-bond acceptors (Lipinski definition) is 10. The van der Waals surface area contributed by atoms with Gasteiger partial charge in [-0.2, -0.15) is 9.97 Å². The highest BCUT2D eigenvalue weighted by atomic mass is 35.5. The predicted octanol–water partition coefficient (Wildman–Crippen LogP) is 1.60. The lowest BCUT2D eigenvalue weighted by Gasteiger charge is -2.33. The normalized spacial score (nSPS) is 29.8. The lowest BCUT2D eigenvalue weighted by atomic mass is 9.73. The number of fused-ring (bicyclic) bond motifs is 1. The Balaban J connectivity index is 1.36. The number of aliphatic hydroxyl groups is 2. The van der Waals surface area contributed by atoms with Gasteiger partial charge in [0.25, 0.3) is 0 Å². The summed E-state index contributed by atoms with van der Waals surface area (Å²) in [5.41, 5.74) is 1.01. The molecule has 37 heavy (non-hydrogen) atoms. The second-order valence-corrected chi connectivity index (χ2v) is 14.5. The minimum atomic E-state index is -4.82. The molecule has 1 spiro atoms. The molecule has 17 heteroatoms. The molecule has 2 aliphatic heterocycles. The Labute approximate surface area is 217 Å². The van der Waals surface area contributed by atoms with Gasteiger partial charge in [0.05, 0.1) is 12.9 Å². The van der Waals surface area contributed by atoms with Crippen molar-refractivity contribution in [1.29, 1.82) is 0 Å². The number of hydrogen-bond donors (Lipinski definition) is 5. The Hall–Kier alpha value is -1.18. The van der Waals surface area contributed by atoms with Gasteiger partial charge in [0.1, 0.15) is 18.3 Å². The third-order valence-electron chi connectivity index (χ3n) is 7.44. The maximum Gasteiger partial charge on any atom is 0.340 e. The molecule has 206 valence electrons. The number of halogens is 1. The van der Waals surface area contributed by atoms with Crippen LogP contribution in [0, 0.1) is 5.41 Å². The zero-order valence-electron chi connectivity index (χ0n) is 19.8. The van der Waals surface area contributed by atoms with E-state index >= 15 is 0 Å². The van der Waals surface area contributed by atoms with Gasteiger partial charge in [0, 0.05) is 13.1 Å². The Morgan fingerprint density at radius 1 is 1.11 bits per heavy atom. The van der Waals surface area contributed by atoms with E-state index in [-0.39, 0.29) is 16.3 Å². The molecule has 14 nitrogen and oxygen atoms in total. The summed E-state index contributed by atoms with van der Waals surface area (Å²) < 4.78 is 34.9. The van der Waals surface area contributed by atoms with Crippen LogP contribution in [0.4, 0.5) is 5.82 Å². The van der Waals surface area contributed by atoms with Gasteiger partial charge < -0.3 is 39.1 Å². The highest BCUT2D eigenvalue weighted by molar-refractivity contribution is 7.70. The van der Waals surface area contributed by atoms with Crippen LogP contribution in [0.3, 0.4) is 0 Å². The summed E-state index contributed by atoms with van der Waals surface area (Å²) in [7, 11) is -9.49. The van der Waals surface area contributed by atoms with Crippen molar-refractivity contribution in [2.24, 2.45) is 5.41 Å². The van der Waals surface area contributed by atoms with Crippen LogP contribution < -0.4 is 4.90 Å². The molecule has 3 fully saturated rings. The average Bonchev–Trinajstić information content (AvgIpc) is 3.48. The molecule has 5 atom stereocenters. The first kappa shape index (κ1) is 27.4. The van der Waals surface area contributed by atoms with Crippen molar-refractivity contribution >= 4 is 43.8 Å². The molecule has 3 aliphatic rings. The monoisotopic (exact) mass is 581 g/mol. The van der Waals surface area contributed by atoms with Crippen LogP contribution in [-0.2, 0) is 18.4 Å². The Kier molecular flexibility index (Phi) is 7.47. The van der Waals surface area contributed by atoms with Gasteiger partial charge in [-0.1, -0.05) is 19.3 Å². The van der Waals surface area contributed by atoms with Crippen molar-refractivity contribution in [1.82, 2.24) is 19.5 Å². The van der Waals surface area contributed by atoms with Crippen molar-refractivity contribution in [3.8, 4) is 0 Å². The Bertz CT molecular complexity index is 1250. The van der Waals surface area contributed by atoms with Gasteiger partial charge in [-0.05, 0) is 36.3 Å². The molecular formula is C20H30ClN5O9P2. The predicted molar refractivity (Wildman–Crippen MR) is 131 cm³/mol. The Morgan fingerprint density at radius 2 is 1.84 bits per heavy atom. The van der Waals surface area contributed by atoms with Crippen molar-refractivity contribution in [3.05, 3.63) is 11.6 Å². The number of ether oxygens (including phenoxy) is 1. The molecule has 1 aliphatic carbocycles. The van der Waals surface area contributed by atoms with Crippen molar-refractivity contribution in [2.75, 3.05) is 30.5 Å². The number of aliphatic hydroxyl groups excluding tert-OH is 2. The smallest absolute Gasteiger partial charge is 0.340 e. The zero-order chi connectivity index (χ0) is 26.6. The van der Waals surface area contributed by atoms with Crippen LogP contribution in [0.15, 0.2) is 6.33 Å². The molecule has 0 radical (unpaired) electrons. The van der Waals surface area contributed by atoms with E-state index in [1.54, 1.807) is 0 Å². The van der Waals surface area contributed by atoms with E-state index in [1.165, 1.54) is 43.0 Å².